The summed E-state index contributed by atoms with van der Waals surface area (Å²) in [4.78, 5) is 4.34. The van der Waals surface area contributed by atoms with Gasteiger partial charge in [-0.3, -0.25) is 0 Å². The predicted molar refractivity (Wildman–Crippen MR) is 84.1 cm³/mol. The average molecular weight is 300 g/mol. The summed E-state index contributed by atoms with van der Waals surface area (Å²) in [6.07, 6.45) is 0. The Morgan fingerprint density at radius 1 is 1.05 bits per heavy atom. The fourth-order valence-electron chi connectivity index (χ4n) is 2.14. The Bertz CT molecular complexity index is 774. The lowest BCUT2D eigenvalue weighted by atomic mass is 10.2. The highest BCUT2D eigenvalue weighted by Crippen LogP contribution is 2.26. The van der Waals surface area contributed by atoms with Crippen LogP contribution in [0.4, 0.5) is 0 Å². The molecule has 0 N–H and O–H groups in total. The van der Waals surface area contributed by atoms with Gasteiger partial charge in [-0.15, -0.1) is 0 Å². The van der Waals surface area contributed by atoms with E-state index in [2.05, 4.69) is 4.98 Å². The second-order valence-electron chi connectivity index (χ2n) is 4.60. The first-order chi connectivity index (χ1) is 10.3. The molecular formula is C17H14ClNO2. The summed E-state index contributed by atoms with van der Waals surface area (Å²) < 4.78 is 11.1. The molecule has 0 aliphatic rings. The van der Waals surface area contributed by atoms with E-state index < -0.39 is 0 Å². The van der Waals surface area contributed by atoms with Gasteiger partial charge in [0.15, 0.2) is 0 Å². The van der Waals surface area contributed by atoms with Crippen molar-refractivity contribution in [2.24, 2.45) is 0 Å². The van der Waals surface area contributed by atoms with Crippen LogP contribution in [0.3, 0.4) is 0 Å². The number of benzene rings is 2. The third-order valence-electron chi connectivity index (χ3n) is 3.18. The first-order valence-corrected chi connectivity index (χ1v) is 6.95. The van der Waals surface area contributed by atoms with Crippen LogP contribution in [0, 0.1) is 0 Å². The number of aromatic nitrogens is 1. The second-order valence-corrected chi connectivity index (χ2v) is 4.99. The molecule has 0 fully saturated rings. The summed E-state index contributed by atoms with van der Waals surface area (Å²) in [5.41, 5.74) is 1.81. The normalized spacial score (nSPS) is 10.6. The van der Waals surface area contributed by atoms with Gasteiger partial charge in [0.2, 0.25) is 0 Å². The minimum atomic E-state index is 0.449. The van der Waals surface area contributed by atoms with Crippen LogP contribution in [0.25, 0.3) is 10.9 Å². The molecule has 1 heterocycles. The van der Waals surface area contributed by atoms with E-state index in [0.29, 0.717) is 11.8 Å². The van der Waals surface area contributed by atoms with Crippen LogP contribution in [-0.2, 0) is 6.61 Å². The molecule has 0 unspecified atom stereocenters. The number of pyridine rings is 1. The molecule has 0 saturated carbocycles. The minimum Gasteiger partial charge on any atom is -0.497 e. The topological polar surface area (TPSA) is 31.4 Å². The predicted octanol–water partition coefficient (Wildman–Crippen LogP) is 4.48. The first kappa shape index (κ1) is 13.7. The molecule has 0 atom stereocenters. The lowest BCUT2D eigenvalue weighted by molar-refractivity contribution is 0.308. The number of rotatable bonds is 4. The maximum absolute atomic E-state index is 5.96. The van der Waals surface area contributed by atoms with Gasteiger partial charge in [-0.25, -0.2) is 4.98 Å². The standard InChI is InChI=1S/C17H14ClNO2/c1-20-14-6-2-4-12(10-14)11-21-15-7-3-5-13-8-9-16(18)19-17(13)15/h2-10H,11H2,1H3. The molecule has 0 bridgehead atoms. The van der Waals surface area contributed by atoms with Crippen molar-refractivity contribution in [1.82, 2.24) is 4.98 Å². The van der Waals surface area contributed by atoms with E-state index in [4.69, 9.17) is 21.1 Å². The summed E-state index contributed by atoms with van der Waals surface area (Å²) in [5.74, 6) is 1.54. The molecule has 2 aromatic carbocycles. The number of ether oxygens (including phenoxy) is 2. The number of hydrogen-bond donors (Lipinski definition) is 0. The SMILES string of the molecule is COc1cccc(COc2cccc3ccc(Cl)nc23)c1. The lowest BCUT2D eigenvalue weighted by Gasteiger charge is -2.09. The zero-order valence-corrected chi connectivity index (χ0v) is 12.3. The number of methoxy groups -OCH3 is 1. The van der Waals surface area contributed by atoms with Crippen molar-refractivity contribution < 1.29 is 9.47 Å². The van der Waals surface area contributed by atoms with Gasteiger partial charge in [0.25, 0.3) is 0 Å². The molecule has 4 heteroatoms. The fourth-order valence-corrected chi connectivity index (χ4v) is 2.28. The van der Waals surface area contributed by atoms with Crippen molar-refractivity contribution in [3.05, 3.63) is 65.3 Å². The summed E-state index contributed by atoms with van der Waals surface area (Å²) in [7, 11) is 1.65. The maximum atomic E-state index is 5.96. The molecule has 0 saturated heterocycles. The van der Waals surface area contributed by atoms with Gasteiger partial charge in [-0.1, -0.05) is 35.9 Å². The van der Waals surface area contributed by atoms with E-state index in [1.807, 2.05) is 48.5 Å². The van der Waals surface area contributed by atoms with Crippen LogP contribution in [0.5, 0.6) is 11.5 Å². The van der Waals surface area contributed by atoms with Crippen LogP contribution in [0.15, 0.2) is 54.6 Å². The Balaban J connectivity index is 1.86. The third-order valence-corrected chi connectivity index (χ3v) is 3.39. The van der Waals surface area contributed by atoms with Crippen molar-refractivity contribution in [1.29, 1.82) is 0 Å². The molecule has 3 nitrogen and oxygen atoms in total. The summed E-state index contributed by atoms with van der Waals surface area (Å²) in [5, 5.41) is 1.46. The van der Waals surface area contributed by atoms with Crippen molar-refractivity contribution in [3.63, 3.8) is 0 Å². The minimum absolute atomic E-state index is 0.449. The molecule has 3 rings (SSSR count). The zero-order chi connectivity index (χ0) is 14.7. The molecule has 106 valence electrons. The molecule has 0 radical (unpaired) electrons. The highest BCUT2D eigenvalue weighted by molar-refractivity contribution is 6.29. The van der Waals surface area contributed by atoms with Crippen LogP contribution in [0.2, 0.25) is 5.15 Å². The molecule has 0 spiro atoms. The number of hydrogen-bond acceptors (Lipinski definition) is 3. The molecular weight excluding hydrogens is 286 g/mol. The molecule has 0 amide bonds. The van der Waals surface area contributed by atoms with E-state index >= 15 is 0 Å². The largest absolute Gasteiger partial charge is 0.497 e. The van der Waals surface area contributed by atoms with Crippen LogP contribution >= 0.6 is 11.6 Å². The Morgan fingerprint density at radius 2 is 1.90 bits per heavy atom. The first-order valence-electron chi connectivity index (χ1n) is 6.57. The summed E-state index contributed by atoms with van der Waals surface area (Å²) in [6, 6.07) is 17.3. The third kappa shape index (κ3) is 3.09. The van der Waals surface area contributed by atoms with Crippen LogP contribution < -0.4 is 9.47 Å². The molecule has 21 heavy (non-hydrogen) atoms. The quantitative estimate of drug-likeness (QED) is 0.666. The van der Waals surface area contributed by atoms with E-state index in [1.54, 1.807) is 13.2 Å². The number of nitrogens with zero attached hydrogens (tertiary/aromatic N) is 1. The molecule has 1 aromatic heterocycles. The highest BCUT2D eigenvalue weighted by Gasteiger charge is 2.05. The van der Waals surface area contributed by atoms with E-state index in [1.165, 1.54) is 0 Å². The van der Waals surface area contributed by atoms with E-state index in [0.717, 1.165) is 28.0 Å². The van der Waals surface area contributed by atoms with Crippen LogP contribution in [-0.4, -0.2) is 12.1 Å². The second kappa shape index (κ2) is 6.02. The summed E-state index contributed by atoms with van der Waals surface area (Å²) in [6.45, 7) is 0.449. The molecule has 0 aliphatic heterocycles. The average Bonchev–Trinajstić information content (AvgIpc) is 2.53. The Morgan fingerprint density at radius 3 is 2.76 bits per heavy atom. The monoisotopic (exact) mass is 299 g/mol. The van der Waals surface area contributed by atoms with Crippen LogP contribution in [0.1, 0.15) is 5.56 Å². The summed E-state index contributed by atoms with van der Waals surface area (Å²) >= 11 is 5.96. The van der Waals surface area contributed by atoms with Crippen molar-refractivity contribution in [2.45, 2.75) is 6.61 Å². The van der Waals surface area contributed by atoms with E-state index in [9.17, 15) is 0 Å². The Labute approximate surface area is 128 Å². The fraction of sp³-hybridized carbons (Fsp3) is 0.118. The van der Waals surface area contributed by atoms with Gasteiger partial charge in [-0.05, 0) is 35.9 Å². The van der Waals surface area contributed by atoms with Crippen molar-refractivity contribution in [2.75, 3.05) is 7.11 Å². The van der Waals surface area contributed by atoms with Gasteiger partial charge in [0.05, 0.1) is 7.11 Å². The van der Waals surface area contributed by atoms with Gasteiger partial charge >= 0.3 is 0 Å². The molecule has 3 aromatic rings. The number of halogens is 1. The smallest absolute Gasteiger partial charge is 0.146 e. The Hall–Kier alpha value is -2.26. The van der Waals surface area contributed by atoms with Gasteiger partial charge in [0.1, 0.15) is 28.8 Å². The lowest BCUT2D eigenvalue weighted by Crippen LogP contribution is -1.97. The number of fused-ring (bicyclic) bond motifs is 1. The van der Waals surface area contributed by atoms with Crippen molar-refractivity contribution in [3.8, 4) is 11.5 Å². The molecule has 0 aliphatic carbocycles. The number of para-hydroxylation sites is 1. The van der Waals surface area contributed by atoms with Gasteiger partial charge in [0, 0.05) is 5.39 Å². The highest BCUT2D eigenvalue weighted by atomic mass is 35.5. The van der Waals surface area contributed by atoms with Gasteiger partial charge < -0.3 is 9.47 Å². The maximum Gasteiger partial charge on any atom is 0.146 e. The zero-order valence-electron chi connectivity index (χ0n) is 11.5. The Kier molecular flexibility index (Phi) is 3.93. The van der Waals surface area contributed by atoms with E-state index in [-0.39, 0.29) is 0 Å². The van der Waals surface area contributed by atoms with Crippen molar-refractivity contribution >= 4 is 22.5 Å². The van der Waals surface area contributed by atoms with Gasteiger partial charge in [-0.2, -0.15) is 0 Å².